The van der Waals surface area contributed by atoms with Crippen molar-refractivity contribution in [1.82, 2.24) is 15.6 Å². The predicted molar refractivity (Wildman–Crippen MR) is 134 cm³/mol. The summed E-state index contributed by atoms with van der Waals surface area (Å²) in [5, 5.41) is 25.0. The molecule has 5 N–H and O–H groups in total. The first-order valence-corrected chi connectivity index (χ1v) is 11.7. The number of carbonyl (C=O) groups is 2. The minimum Gasteiger partial charge on any atom is -0.481 e. The molecule has 37 heavy (non-hydrogen) atoms. The zero-order valence-corrected chi connectivity index (χ0v) is 20.6. The Balaban J connectivity index is 1.83. The summed E-state index contributed by atoms with van der Waals surface area (Å²) in [5.41, 5.74) is 1.86. The second-order valence-corrected chi connectivity index (χ2v) is 8.98. The van der Waals surface area contributed by atoms with Gasteiger partial charge >= 0.3 is 5.97 Å². The van der Waals surface area contributed by atoms with Gasteiger partial charge in [-0.3, -0.25) is 14.4 Å². The Hall–Kier alpha value is -3.89. The standard InChI is InChI=1S/C27H29F2N3O5/c1-14-6-4-7-15(2)24(14)17-11-19(25(29)20(28)12-17)21(13-23(34)35)31-16(3)10-22(33)32-27(37)18-8-5-9-30-26(18)36/h4-9,11-12,16,21-22,31,33H,10,13H2,1-3H3,(H,30,36)(H,32,37)(H,34,35)/t16?,21-,22+/m0/s1. The smallest absolute Gasteiger partial charge is 0.305 e. The Labute approximate surface area is 212 Å². The molecule has 3 aromatic rings. The lowest BCUT2D eigenvalue weighted by Crippen LogP contribution is -2.42. The van der Waals surface area contributed by atoms with Gasteiger partial charge in [-0.15, -0.1) is 0 Å². The van der Waals surface area contributed by atoms with Crippen LogP contribution in [-0.4, -0.2) is 39.3 Å². The lowest BCUT2D eigenvalue weighted by Gasteiger charge is -2.25. The first-order chi connectivity index (χ1) is 17.5. The molecule has 1 heterocycles. The fraction of sp³-hybridized carbons (Fsp3) is 0.296. The number of carboxylic acids is 1. The average molecular weight is 514 g/mol. The van der Waals surface area contributed by atoms with Gasteiger partial charge in [-0.1, -0.05) is 18.2 Å². The van der Waals surface area contributed by atoms with Crippen molar-refractivity contribution in [3.05, 3.63) is 92.9 Å². The second-order valence-electron chi connectivity index (χ2n) is 8.98. The lowest BCUT2D eigenvalue weighted by molar-refractivity contribution is -0.137. The molecule has 1 unspecified atom stereocenters. The Morgan fingerprint density at radius 3 is 2.38 bits per heavy atom. The number of aliphatic carboxylic acids is 1. The van der Waals surface area contributed by atoms with Gasteiger partial charge in [0.1, 0.15) is 11.8 Å². The molecule has 8 nitrogen and oxygen atoms in total. The third kappa shape index (κ3) is 6.87. The molecular formula is C27H29F2N3O5. The van der Waals surface area contributed by atoms with E-state index in [9.17, 15) is 33.4 Å². The van der Waals surface area contributed by atoms with Crippen molar-refractivity contribution in [3.63, 3.8) is 0 Å². The molecule has 0 aliphatic heterocycles. The van der Waals surface area contributed by atoms with Gasteiger partial charge in [0.15, 0.2) is 11.6 Å². The molecule has 0 fully saturated rings. The minimum atomic E-state index is -1.40. The van der Waals surface area contributed by atoms with E-state index in [0.29, 0.717) is 5.56 Å². The van der Waals surface area contributed by atoms with Crippen LogP contribution in [0, 0.1) is 25.5 Å². The van der Waals surface area contributed by atoms with Gasteiger partial charge in [0.25, 0.3) is 11.5 Å². The van der Waals surface area contributed by atoms with Gasteiger partial charge in [0.05, 0.1) is 6.42 Å². The van der Waals surface area contributed by atoms with Crippen LogP contribution in [0.4, 0.5) is 8.78 Å². The number of rotatable bonds is 10. The number of aromatic amines is 1. The van der Waals surface area contributed by atoms with Crippen LogP contribution in [0.5, 0.6) is 0 Å². The molecule has 2 aromatic carbocycles. The summed E-state index contributed by atoms with van der Waals surface area (Å²) in [6.07, 6.45) is -0.698. The fourth-order valence-electron chi connectivity index (χ4n) is 4.35. The van der Waals surface area contributed by atoms with E-state index in [1.54, 1.807) is 6.92 Å². The maximum absolute atomic E-state index is 15.0. The number of hydrogen-bond donors (Lipinski definition) is 5. The van der Waals surface area contributed by atoms with E-state index in [1.165, 1.54) is 24.4 Å². The number of carbonyl (C=O) groups excluding carboxylic acids is 1. The van der Waals surface area contributed by atoms with Crippen LogP contribution in [0.1, 0.15) is 52.9 Å². The zero-order chi connectivity index (χ0) is 27.3. The third-order valence-corrected chi connectivity index (χ3v) is 6.00. The predicted octanol–water partition coefficient (Wildman–Crippen LogP) is 3.57. The van der Waals surface area contributed by atoms with E-state index in [4.69, 9.17) is 0 Å². The number of amides is 1. The minimum absolute atomic E-state index is 0.104. The monoisotopic (exact) mass is 513 g/mol. The highest BCUT2D eigenvalue weighted by atomic mass is 19.2. The van der Waals surface area contributed by atoms with Gasteiger partial charge in [-0.2, -0.15) is 0 Å². The molecule has 0 bridgehead atoms. The number of halogens is 2. The van der Waals surface area contributed by atoms with Gasteiger partial charge in [-0.25, -0.2) is 8.78 Å². The van der Waals surface area contributed by atoms with Gasteiger partial charge in [0.2, 0.25) is 0 Å². The van der Waals surface area contributed by atoms with E-state index in [2.05, 4.69) is 15.6 Å². The first kappa shape index (κ1) is 27.7. The summed E-state index contributed by atoms with van der Waals surface area (Å²) in [5.74, 6) is -4.31. The van der Waals surface area contributed by atoms with Crippen LogP contribution in [0.15, 0.2) is 53.5 Å². The summed E-state index contributed by atoms with van der Waals surface area (Å²) in [7, 11) is 0. The van der Waals surface area contributed by atoms with Crippen LogP contribution in [-0.2, 0) is 4.79 Å². The zero-order valence-electron chi connectivity index (χ0n) is 20.6. The lowest BCUT2D eigenvalue weighted by atomic mass is 9.92. The molecule has 0 aliphatic rings. The fourth-order valence-corrected chi connectivity index (χ4v) is 4.35. The van der Waals surface area contributed by atoms with Crippen LogP contribution in [0.2, 0.25) is 0 Å². The SMILES string of the molecule is Cc1cccc(C)c1-c1cc(F)c(F)c([C@H](CC(=O)O)NC(C)C[C@@H](O)NC(=O)c2ccc[nH]c2=O)c1. The molecule has 0 saturated carbocycles. The van der Waals surface area contributed by atoms with Crippen LogP contribution >= 0.6 is 0 Å². The maximum atomic E-state index is 15.0. The van der Waals surface area contributed by atoms with Crippen molar-refractivity contribution in [2.45, 2.75) is 51.9 Å². The molecule has 1 amide bonds. The molecule has 0 aliphatic carbocycles. The molecule has 0 radical (unpaired) electrons. The quantitative estimate of drug-likeness (QED) is 0.264. The molecule has 0 saturated heterocycles. The number of hydrogen-bond acceptors (Lipinski definition) is 5. The van der Waals surface area contributed by atoms with Crippen molar-refractivity contribution >= 4 is 11.9 Å². The van der Waals surface area contributed by atoms with E-state index < -0.39 is 53.8 Å². The number of pyridine rings is 1. The topological polar surface area (TPSA) is 132 Å². The largest absolute Gasteiger partial charge is 0.481 e. The number of benzene rings is 2. The molecule has 3 atom stereocenters. The maximum Gasteiger partial charge on any atom is 0.305 e. The van der Waals surface area contributed by atoms with Crippen LogP contribution in [0.25, 0.3) is 11.1 Å². The van der Waals surface area contributed by atoms with Crippen LogP contribution < -0.4 is 16.2 Å². The van der Waals surface area contributed by atoms with Crippen molar-refractivity contribution in [3.8, 4) is 11.1 Å². The Kier molecular flexibility index (Phi) is 8.90. The number of nitrogens with one attached hydrogen (secondary N) is 3. The molecule has 0 spiro atoms. The molecular weight excluding hydrogens is 484 g/mol. The van der Waals surface area contributed by atoms with E-state index >= 15 is 0 Å². The highest BCUT2D eigenvalue weighted by Crippen LogP contribution is 2.33. The number of aliphatic hydroxyl groups is 1. The first-order valence-electron chi connectivity index (χ1n) is 11.7. The molecule has 3 rings (SSSR count). The third-order valence-electron chi connectivity index (χ3n) is 6.00. The van der Waals surface area contributed by atoms with Crippen molar-refractivity contribution < 1.29 is 28.6 Å². The number of aryl methyl sites for hydroxylation is 2. The van der Waals surface area contributed by atoms with Crippen molar-refractivity contribution in [2.75, 3.05) is 0 Å². The summed E-state index contributed by atoms with van der Waals surface area (Å²) < 4.78 is 29.7. The highest BCUT2D eigenvalue weighted by Gasteiger charge is 2.26. The summed E-state index contributed by atoms with van der Waals surface area (Å²) >= 11 is 0. The van der Waals surface area contributed by atoms with Crippen molar-refractivity contribution in [1.29, 1.82) is 0 Å². The Bertz CT molecular complexity index is 1340. The van der Waals surface area contributed by atoms with E-state index in [1.807, 2.05) is 32.0 Å². The highest BCUT2D eigenvalue weighted by molar-refractivity contribution is 5.93. The van der Waals surface area contributed by atoms with E-state index in [0.717, 1.165) is 22.8 Å². The average Bonchev–Trinajstić information content (AvgIpc) is 2.80. The number of H-pyrrole nitrogens is 1. The molecule has 196 valence electrons. The molecule has 10 heteroatoms. The number of aliphatic hydroxyl groups excluding tert-OH is 1. The van der Waals surface area contributed by atoms with Gasteiger partial charge in [0, 0.05) is 30.3 Å². The second kappa shape index (κ2) is 11.9. The normalized spacial score (nSPS) is 13.6. The number of carboxylic acid groups (broad SMARTS) is 1. The van der Waals surface area contributed by atoms with Gasteiger partial charge < -0.3 is 25.8 Å². The number of aromatic nitrogens is 1. The van der Waals surface area contributed by atoms with Crippen LogP contribution in [0.3, 0.4) is 0 Å². The van der Waals surface area contributed by atoms with E-state index in [-0.39, 0.29) is 17.5 Å². The Morgan fingerprint density at radius 2 is 1.76 bits per heavy atom. The summed E-state index contributed by atoms with van der Waals surface area (Å²) in [6, 6.07) is 9.04. The summed E-state index contributed by atoms with van der Waals surface area (Å²) in [4.78, 5) is 38.0. The van der Waals surface area contributed by atoms with Gasteiger partial charge in [-0.05, 0) is 67.3 Å². The van der Waals surface area contributed by atoms with Crippen molar-refractivity contribution in [2.24, 2.45) is 0 Å². The Morgan fingerprint density at radius 1 is 1.08 bits per heavy atom. The summed E-state index contributed by atoms with van der Waals surface area (Å²) in [6.45, 7) is 5.29. The molecule has 1 aromatic heterocycles.